The van der Waals surface area contributed by atoms with Crippen molar-refractivity contribution >= 4 is 28.4 Å². The highest BCUT2D eigenvalue weighted by molar-refractivity contribution is 7.99. The molecule has 154 valence electrons. The fourth-order valence-electron chi connectivity index (χ4n) is 3.63. The largest absolute Gasteiger partial charge is 0.467 e. The number of rotatable bonds is 7. The Morgan fingerprint density at radius 2 is 1.93 bits per heavy atom. The number of nitrogens with zero attached hydrogens (tertiary/aromatic N) is 3. The Labute approximate surface area is 178 Å². The second-order valence-electron chi connectivity index (χ2n) is 7.12. The zero-order valence-electron chi connectivity index (χ0n) is 17.2. The van der Waals surface area contributed by atoms with Crippen molar-refractivity contribution in [2.75, 3.05) is 5.75 Å². The number of carbonyl (C=O) groups excluding carboxylic acids is 1. The summed E-state index contributed by atoms with van der Waals surface area (Å²) < 4.78 is 9.15. The molecule has 7 heteroatoms. The molecule has 30 heavy (non-hydrogen) atoms. The first-order chi connectivity index (χ1) is 14.5. The topological polar surface area (TPSA) is 70.0 Å². The van der Waals surface area contributed by atoms with Crippen LogP contribution in [0.1, 0.15) is 34.4 Å². The summed E-state index contributed by atoms with van der Waals surface area (Å²) in [6, 6.07) is 13.0. The third-order valence-corrected chi connectivity index (χ3v) is 6.22. The average Bonchev–Trinajstić information content (AvgIpc) is 3.36. The van der Waals surface area contributed by atoms with Gasteiger partial charge < -0.3 is 8.98 Å². The minimum absolute atomic E-state index is 0.0175. The van der Waals surface area contributed by atoms with Crippen LogP contribution in [0, 0.1) is 13.8 Å². The summed E-state index contributed by atoms with van der Waals surface area (Å²) >= 11 is 1.31. The van der Waals surface area contributed by atoms with Crippen molar-refractivity contribution in [1.82, 2.24) is 14.1 Å². The zero-order chi connectivity index (χ0) is 21.3. The van der Waals surface area contributed by atoms with E-state index in [9.17, 15) is 9.59 Å². The SMILES string of the molecule is CCn1c(SCC(=O)c2cc(C)n(Cc3ccco3)c2C)nc2ccccc2c1=O. The van der Waals surface area contributed by atoms with E-state index in [0.717, 1.165) is 17.1 Å². The predicted molar refractivity (Wildman–Crippen MR) is 118 cm³/mol. The number of hydrogen-bond acceptors (Lipinski definition) is 5. The molecule has 0 N–H and O–H groups in total. The maximum absolute atomic E-state index is 13.0. The number of ketones is 1. The molecule has 0 amide bonds. The van der Waals surface area contributed by atoms with Gasteiger partial charge in [-0.1, -0.05) is 23.9 Å². The first-order valence-corrected chi connectivity index (χ1v) is 10.8. The molecule has 3 aromatic heterocycles. The zero-order valence-corrected chi connectivity index (χ0v) is 18.0. The second kappa shape index (κ2) is 8.36. The molecule has 1 aromatic carbocycles. The van der Waals surface area contributed by atoms with E-state index in [-0.39, 0.29) is 17.1 Å². The molecule has 6 nitrogen and oxygen atoms in total. The van der Waals surface area contributed by atoms with Gasteiger partial charge in [-0.3, -0.25) is 14.2 Å². The van der Waals surface area contributed by atoms with Gasteiger partial charge in [0, 0.05) is 23.5 Å². The Kier molecular flexibility index (Phi) is 5.63. The summed E-state index contributed by atoms with van der Waals surface area (Å²) in [7, 11) is 0. The second-order valence-corrected chi connectivity index (χ2v) is 8.07. The Balaban J connectivity index is 1.58. The molecule has 0 spiro atoms. The fourth-order valence-corrected chi connectivity index (χ4v) is 4.58. The molecule has 0 atom stereocenters. The van der Waals surface area contributed by atoms with Crippen molar-refractivity contribution in [2.24, 2.45) is 0 Å². The summed E-state index contributed by atoms with van der Waals surface area (Å²) in [6.07, 6.45) is 1.65. The minimum Gasteiger partial charge on any atom is -0.467 e. The van der Waals surface area contributed by atoms with Gasteiger partial charge in [0.05, 0.1) is 29.5 Å². The molecule has 0 saturated carbocycles. The summed E-state index contributed by atoms with van der Waals surface area (Å²) in [4.78, 5) is 30.4. The maximum Gasteiger partial charge on any atom is 0.262 e. The monoisotopic (exact) mass is 421 g/mol. The number of thioether (sulfide) groups is 1. The van der Waals surface area contributed by atoms with Crippen molar-refractivity contribution in [2.45, 2.75) is 39.0 Å². The van der Waals surface area contributed by atoms with E-state index in [2.05, 4.69) is 9.55 Å². The van der Waals surface area contributed by atoms with Crippen molar-refractivity contribution in [3.05, 3.63) is 81.8 Å². The van der Waals surface area contributed by atoms with E-state index in [4.69, 9.17) is 4.42 Å². The van der Waals surface area contributed by atoms with E-state index in [0.29, 0.717) is 34.7 Å². The van der Waals surface area contributed by atoms with E-state index >= 15 is 0 Å². The lowest BCUT2D eigenvalue weighted by molar-refractivity contribution is 0.102. The first-order valence-electron chi connectivity index (χ1n) is 9.84. The molecule has 0 aliphatic rings. The summed E-state index contributed by atoms with van der Waals surface area (Å²) in [5.41, 5.74) is 3.19. The van der Waals surface area contributed by atoms with Gasteiger partial charge in [0.15, 0.2) is 10.9 Å². The lowest BCUT2D eigenvalue weighted by Crippen LogP contribution is -2.22. The fraction of sp³-hybridized carbons (Fsp3) is 0.261. The molecule has 0 fully saturated rings. The molecule has 0 aliphatic carbocycles. The normalized spacial score (nSPS) is 11.3. The highest BCUT2D eigenvalue weighted by Crippen LogP contribution is 2.23. The van der Waals surface area contributed by atoms with Crippen LogP contribution in [0.3, 0.4) is 0 Å². The molecule has 0 saturated heterocycles. The lowest BCUT2D eigenvalue weighted by atomic mass is 10.2. The molecule has 0 radical (unpaired) electrons. The van der Waals surface area contributed by atoms with E-state index in [1.807, 2.05) is 57.2 Å². The highest BCUT2D eigenvalue weighted by Gasteiger charge is 2.18. The van der Waals surface area contributed by atoms with Crippen molar-refractivity contribution in [3.63, 3.8) is 0 Å². The first kappa shape index (κ1) is 20.2. The van der Waals surface area contributed by atoms with Crippen LogP contribution in [-0.2, 0) is 13.1 Å². The predicted octanol–water partition coefficient (Wildman–Crippen LogP) is 4.45. The van der Waals surface area contributed by atoms with Crippen LogP contribution >= 0.6 is 11.8 Å². The lowest BCUT2D eigenvalue weighted by Gasteiger charge is -2.11. The van der Waals surface area contributed by atoms with Gasteiger partial charge >= 0.3 is 0 Å². The average molecular weight is 422 g/mol. The number of benzene rings is 1. The Morgan fingerprint density at radius 1 is 1.13 bits per heavy atom. The van der Waals surface area contributed by atoms with Crippen molar-refractivity contribution < 1.29 is 9.21 Å². The summed E-state index contributed by atoms with van der Waals surface area (Å²) in [6.45, 7) is 6.94. The van der Waals surface area contributed by atoms with Gasteiger partial charge in [-0.2, -0.15) is 0 Å². The quantitative estimate of drug-likeness (QED) is 0.250. The van der Waals surface area contributed by atoms with Gasteiger partial charge in [0.2, 0.25) is 0 Å². The third-order valence-electron chi connectivity index (χ3n) is 5.24. The molecule has 0 unspecified atom stereocenters. The summed E-state index contributed by atoms with van der Waals surface area (Å²) in [5.74, 6) is 1.08. The van der Waals surface area contributed by atoms with Gasteiger partial charge in [-0.15, -0.1) is 0 Å². The molecule has 4 rings (SSSR count). The number of carbonyl (C=O) groups is 1. The Hall–Kier alpha value is -3.06. The van der Waals surface area contributed by atoms with E-state index < -0.39 is 0 Å². The van der Waals surface area contributed by atoms with Gasteiger partial charge in [0.25, 0.3) is 5.56 Å². The van der Waals surface area contributed by atoms with Crippen LogP contribution < -0.4 is 5.56 Å². The smallest absolute Gasteiger partial charge is 0.262 e. The third kappa shape index (κ3) is 3.73. The Morgan fingerprint density at radius 3 is 2.67 bits per heavy atom. The minimum atomic E-state index is -0.0744. The number of furan rings is 1. The van der Waals surface area contributed by atoms with Crippen LogP contribution in [0.25, 0.3) is 10.9 Å². The molecule has 0 aliphatic heterocycles. The van der Waals surface area contributed by atoms with Gasteiger partial charge in [0.1, 0.15) is 5.76 Å². The van der Waals surface area contributed by atoms with Gasteiger partial charge in [-0.25, -0.2) is 4.98 Å². The van der Waals surface area contributed by atoms with E-state index in [1.54, 1.807) is 16.9 Å². The van der Waals surface area contributed by atoms with Gasteiger partial charge in [-0.05, 0) is 51.1 Å². The number of hydrogen-bond donors (Lipinski definition) is 0. The van der Waals surface area contributed by atoms with Crippen molar-refractivity contribution in [3.8, 4) is 0 Å². The molecular weight excluding hydrogens is 398 g/mol. The molecule has 4 aromatic rings. The van der Waals surface area contributed by atoms with E-state index in [1.165, 1.54) is 11.8 Å². The van der Waals surface area contributed by atoms with Crippen LogP contribution in [0.4, 0.5) is 0 Å². The van der Waals surface area contributed by atoms with Crippen LogP contribution in [0.2, 0.25) is 0 Å². The molecular formula is C23H23N3O3S. The van der Waals surface area contributed by atoms with Crippen LogP contribution in [0.5, 0.6) is 0 Å². The van der Waals surface area contributed by atoms with Crippen LogP contribution in [-0.4, -0.2) is 25.7 Å². The number of aryl methyl sites for hydroxylation is 1. The van der Waals surface area contributed by atoms with Crippen LogP contribution in [0.15, 0.2) is 63.1 Å². The number of aromatic nitrogens is 3. The number of Topliss-reactive ketones (excluding diaryl/α,β-unsaturated/α-hetero) is 1. The molecule has 3 heterocycles. The summed E-state index contributed by atoms with van der Waals surface area (Å²) in [5, 5.41) is 1.16. The number of para-hydroxylation sites is 1. The highest BCUT2D eigenvalue weighted by atomic mass is 32.2. The standard InChI is InChI=1S/C23H23N3O3S/c1-4-25-22(28)18-9-5-6-10-20(18)24-23(25)30-14-21(27)19-12-15(2)26(16(19)3)13-17-8-7-11-29-17/h5-12H,4,13-14H2,1-3H3. The number of fused-ring (bicyclic) bond motifs is 1. The molecule has 0 bridgehead atoms. The maximum atomic E-state index is 13.0. The Bertz CT molecular complexity index is 1270. The van der Waals surface area contributed by atoms with Crippen molar-refractivity contribution in [1.29, 1.82) is 0 Å².